The maximum atomic E-state index is 10.1. The predicted octanol–water partition coefficient (Wildman–Crippen LogP) is 0.854. The molecule has 1 rings (SSSR count). The lowest BCUT2D eigenvalue weighted by atomic mass is 10.1. The van der Waals surface area contributed by atoms with Gasteiger partial charge in [-0.25, -0.2) is 4.99 Å². The normalized spacial score (nSPS) is 16.9. The lowest BCUT2D eigenvalue weighted by molar-refractivity contribution is -0.463. The Morgan fingerprint density at radius 1 is 1.77 bits per heavy atom. The molecule has 0 amide bonds. The van der Waals surface area contributed by atoms with E-state index in [-0.39, 0.29) is 12.4 Å². The van der Waals surface area contributed by atoms with E-state index >= 15 is 0 Å². The highest BCUT2D eigenvalue weighted by Gasteiger charge is 2.04. The van der Waals surface area contributed by atoms with Gasteiger partial charge in [0, 0.05) is 10.6 Å². The van der Waals surface area contributed by atoms with Crippen LogP contribution in [-0.4, -0.2) is 17.3 Å². The first-order chi connectivity index (χ1) is 6.18. The van der Waals surface area contributed by atoms with Crippen LogP contribution in [-0.2, 0) is 0 Å². The van der Waals surface area contributed by atoms with Crippen LogP contribution in [0, 0.1) is 10.1 Å². The van der Waals surface area contributed by atoms with E-state index in [1.54, 1.807) is 0 Å². The zero-order chi connectivity index (χ0) is 9.68. The van der Waals surface area contributed by atoms with Crippen LogP contribution in [0.4, 0.5) is 0 Å². The second-order valence-corrected chi connectivity index (χ2v) is 2.72. The summed E-state index contributed by atoms with van der Waals surface area (Å²) in [5.41, 5.74) is 6.16. The van der Waals surface area contributed by atoms with Crippen molar-refractivity contribution in [2.75, 3.05) is 6.54 Å². The number of hydrogen-bond acceptors (Lipinski definition) is 3. The Balaban J connectivity index is 2.58. The topological polar surface area (TPSA) is 81.5 Å². The summed E-state index contributed by atoms with van der Waals surface area (Å²) in [6.07, 6.45) is 7.43. The Bertz CT molecular complexity index is 292. The molecule has 0 spiro atoms. The van der Waals surface area contributed by atoms with Crippen LogP contribution in [0.25, 0.3) is 0 Å². The molecule has 0 aromatic heterocycles. The molecule has 0 saturated heterocycles. The SMILES string of the molecule is NC(C[N+](=O)[O-])=NC1=CC=CCC1. The smallest absolute Gasteiger partial charge is 0.260 e. The highest BCUT2D eigenvalue weighted by atomic mass is 16.6. The Hall–Kier alpha value is -1.65. The van der Waals surface area contributed by atoms with Gasteiger partial charge in [-0.2, -0.15) is 0 Å². The van der Waals surface area contributed by atoms with Crippen molar-refractivity contribution in [2.45, 2.75) is 12.8 Å². The molecule has 13 heavy (non-hydrogen) atoms. The minimum absolute atomic E-state index is 0.0616. The lowest BCUT2D eigenvalue weighted by Crippen LogP contribution is -2.22. The van der Waals surface area contributed by atoms with Crippen molar-refractivity contribution >= 4 is 5.84 Å². The molecular formula is C8H11N3O2. The van der Waals surface area contributed by atoms with Crippen molar-refractivity contribution in [3.8, 4) is 0 Å². The summed E-state index contributed by atoms with van der Waals surface area (Å²) >= 11 is 0. The van der Waals surface area contributed by atoms with Crippen LogP contribution >= 0.6 is 0 Å². The summed E-state index contributed by atoms with van der Waals surface area (Å²) in [6, 6.07) is 0. The van der Waals surface area contributed by atoms with Crippen molar-refractivity contribution in [1.82, 2.24) is 0 Å². The molecule has 0 fully saturated rings. The monoisotopic (exact) mass is 181 g/mol. The molecule has 0 bridgehead atoms. The zero-order valence-corrected chi connectivity index (χ0v) is 7.14. The highest BCUT2D eigenvalue weighted by molar-refractivity contribution is 5.82. The van der Waals surface area contributed by atoms with Crippen LogP contribution in [0.15, 0.2) is 28.9 Å². The number of nitrogens with zero attached hydrogens (tertiary/aromatic N) is 2. The average molecular weight is 181 g/mol. The third kappa shape index (κ3) is 3.50. The predicted molar refractivity (Wildman–Crippen MR) is 49.9 cm³/mol. The summed E-state index contributed by atoms with van der Waals surface area (Å²) < 4.78 is 0. The number of allylic oxidation sites excluding steroid dienone is 4. The van der Waals surface area contributed by atoms with Crippen molar-refractivity contribution in [2.24, 2.45) is 10.7 Å². The Kier molecular flexibility index (Phi) is 3.19. The third-order valence-corrected chi connectivity index (χ3v) is 1.57. The van der Waals surface area contributed by atoms with E-state index in [0.717, 1.165) is 18.5 Å². The molecular weight excluding hydrogens is 170 g/mol. The zero-order valence-electron chi connectivity index (χ0n) is 7.14. The van der Waals surface area contributed by atoms with E-state index in [2.05, 4.69) is 4.99 Å². The van der Waals surface area contributed by atoms with Crippen LogP contribution in [0.1, 0.15) is 12.8 Å². The van der Waals surface area contributed by atoms with E-state index in [9.17, 15) is 10.1 Å². The second-order valence-electron chi connectivity index (χ2n) is 2.72. The van der Waals surface area contributed by atoms with Crippen molar-refractivity contribution in [3.63, 3.8) is 0 Å². The number of hydrogen-bond donors (Lipinski definition) is 1. The van der Waals surface area contributed by atoms with E-state index < -0.39 is 4.92 Å². The number of nitro groups is 1. The molecule has 0 saturated carbocycles. The van der Waals surface area contributed by atoms with Gasteiger partial charge >= 0.3 is 0 Å². The number of aliphatic imine (C=N–C) groups is 1. The average Bonchev–Trinajstić information content (AvgIpc) is 2.04. The minimum Gasteiger partial charge on any atom is -0.382 e. The van der Waals surface area contributed by atoms with Gasteiger partial charge in [0.25, 0.3) is 6.54 Å². The first kappa shape index (κ1) is 9.44. The van der Waals surface area contributed by atoms with E-state index in [0.29, 0.717) is 0 Å². The van der Waals surface area contributed by atoms with Gasteiger partial charge in [0.05, 0.1) is 0 Å². The molecule has 5 nitrogen and oxygen atoms in total. The molecule has 0 unspecified atom stereocenters. The van der Waals surface area contributed by atoms with Crippen LogP contribution in [0.3, 0.4) is 0 Å². The molecule has 0 radical (unpaired) electrons. The third-order valence-electron chi connectivity index (χ3n) is 1.57. The van der Waals surface area contributed by atoms with E-state index in [4.69, 9.17) is 5.73 Å². The standard InChI is InChI=1S/C8H11N3O2/c9-8(6-11(12)13)10-7-4-2-1-3-5-7/h1-2,4H,3,5-6H2,(H2,9,10). The molecule has 0 heterocycles. The fraction of sp³-hybridized carbons (Fsp3) is 0.375. The maximum Gasteiger partial charge on any atom is 0.260 e. The highest BCUT2D eigenvalue weighted by Crippen LogP contribution is 2.12. The molecule has 0 atom stereocenters. The van der Waals surface area contributed by atoms with Crippen LogP contribution < -0.4 is 5.73 Å². The quantitative estimate of drug-likeness (QED) is 0.303. The summed E-state index contributed by atoms with van der Waals surface area (Å²) in [4.78, 5) is 13.5. The van der Waals surface area contributed by atoms with Gasteiger partial charge in [0.15, 0.2) is 5.84 Å². The largest absolute Gasteiger partial charge is 0.382 e. The first-order valence-corrected chi connectivity index (χ1v) is 3.99. The Morgan fingerprint density at radius 3 is 3.08 bits per heavy atom. The van der Waals surface area contributed by atoms with Crippen molar-refractivity contribution in [3.05, 3.63) is 34.0 Å². The van der Waals surface area contributed by atoms with E-state index in [1.165, 1.54) is 0 Å². The van der Waals surface area contributed by atoms with Crippen LogP contribution in [0.2, 0.25) is 0 Å². The fourth-order valence-electron chi connectivity index (χ4n) is 1.04. The molecule has 1 aliphatic rings. The minimum atomic E-state index is -0.488. The number of nitrogens with two attached hydrogens (primary N) is 1. The summed E-state index contributed by atoms with van der Waals surface area (Å²) in [5.74, 6) is 0.0616. The lowest BCUT2D eigenvalue weighted by Gasteiger charge is -2.03. The Morgan fingerprint density at radius 2 is 2.54 bits per heavy atom. The van der Waals surface area contributed by atoms with Gasteiger partial charge in [-0.1, -0.05) is 12.2 Å². The molecule has 70 valence electrons. The summed E-state index contributed by atoms with van der Waals surface area (Å²) in [7, 11) is 0. The van der Waals surface area contributed by atoms with Gasteiger partial charge in [-0.05, 0) is 18.9 Å². The van der Waals surface area contributed by atoms with E-state index in [1.807, 2.05) is 18.2 Å². The summed E-state index contributed by atoms with van der Waals surface area (Å²) in [5, 5.41) is 10.1. The second kappa shape index (κ2) is 4.39. The van der Waals surface area contributed by atoms with Gasteiger partial charge in [-0.15, -0.1) is 0 Å². The molecule has 0 aromatic rings. The number of rotatable bonds is 3. The maximum absolute atomic E-state index is 10.1. The Labute approximate surface area is 75.8 Å². The van der Waals surface area contributed by atoms with Crippen molar-refractivity contribution < 1.29 is 4.92 Å². The number of amidine groups is 1. The van der Waals surface area contributed by atoms with Gasteiger partial charge in [0.1, 0.15) is 0 Å². The van der Waals surface area contributed by atoms with Crippen LogP contribution in [0.5, 0.6) is 0 Å². The molecule has 2 N–H and O–H groups in total. The summed E-state index contributed by atoms with van der Waals surface area (Å²) in [6.45, 7) is -0.388. The molecule has 0 aromatic carbocycles. The fourth-order valence-corrected chi connectivity index (χ4v) is 1.04. The molecule has 0 aliphatic heterocycles. The van der Waals surface area contributed by atoms with Gasteiger partial charge < -0.3 is 5.73 Å². The van der Waals surface area contributed by atoms with Gasteiger partial charge in [-0.3, -0.25) is 10.1 Å². The molecule has 1 aliphatic carbocycles. The first-order valence-electron chi connectivity index (χ1n) is 3.99. The molecule has 5 heteroatoms. The van der Waals surface area contributed by atoms with Crippen molar-refractivity contribution in [1.29, 1.82) is 0 Å². The van der Waals surface area contributed by atoms with Gasteiger partial charge in [0.2, 0.25) is 0 Å².